The highest BCUT2D eigenvalue weighted by Crippen LogP contribution is 2.05. The molecule has 0 aromatic rings. The maximum atomic E-state index is 10.8. The summed E-state index contributed by atoms with van der Waals surface area (Å²) in [6.45, 7) is 4.72. The van der Waals surface area contributed by atoms with Crippen molar-refractivity contribution in [2.24, 2.45) is 5.92 Å². The standard InChI is InChI=1S/C8H18BrNO2S/c1-7(6-9)8(2)10-4-5-13(3,11)12/h7-8,10H,4-6H2,1-3H3. The Balaban J connectivity index is 3.65. The van der Waals surface area contributed by atoms with Crippen LogP contribution in [0.5, 0.6) is 0 Å². The van der Waals surface area contributed by atoms with Gasteiger partial charge in [-0.3, -0.25) is 0 Å². The fourth-order valence-electron chi connectivity index (χ4n) is 0.807. The number of nitrogens with one attached hydrogen (secondary N) is 1. The molecule has 0 aromatic carbocycles. The molecule has 0 aliphatic rings. The van der Waals surface area contributed by atoms with Gasteiger partial charge in [-0.15, -0.1) is 0 Å². The van der Waals surface area contributed by atoms with Crippen LogP contribution < -0.4 is 5.32 Å². The lowest BCUT2D eigenvalue weighted by Gasteiger charge is -2.18. The van der Waals surface area contributed by atoms with Crippen molar-refractivity contribution in [1.29, 1.82) is 0 Å². The van der Waals surface area contributed by atoms with Crippen molar-refractivity contribution in [3.8, 4) is 0 Å². The smallest absolute Gasteiger partial charge is 0.148 e. The molecule has 0 rings (SSSR count). The Bertz CT molecular complexity index is 228. The topological polar surface area (TPSA) is 46.2 Å². The van der Waals surface area contributed by atoms with Crippen molar-refractivity contribution < 1.29 is 8.42 Å². The Morgan fingerprint density at radius 3 is 2.31 bits per heavy atom. The normalized spacial score (nSPS) is 16.9. The van der Waals surface area contributed by atoms with Gasteiger partial charge in [-0.25, -0.2) is 8.42 Å². The largest absolute Gasteiger partial charge is 0.313 e. The number of alkyl halides is 1. The summed E-state index contributed by atoms with van der Waals surface area (Å²) in [4.78, 5) is 0. The lowest BCUT2D eigenvalue weighted by molar-refractivity contribution is 0.444. The zero-order chi connectivity index (χ0) is 10.5. The molecule has 2 unspecified atom stereocenters. The molecule has 0 bridgehead atoms. The molecule has 0 saturated heterocycles. The quantitative estimate of drug-likeness (QED) is 0.735. The second kappa shape index (κ2) is 5.98. The van der Waals surface area contributed by atoms with E-state index in [2.05, 4.69) is 35.1 Å². The van der Waals surface area contributed by atoms with E-state index < -0.39 is 9.84 Å². The zero-order valence-corrected chi connectivity index (χ0v) is 10.8. The van der Waals surface area contributed by atoms with Crippen molar-refractivity contribution in [1.82, 2.24) is 5.32 Å². The van der Waals surface area contributed by atoms with Gasteiger partial charge in [0.05, 0.1) is 5.75 Å². The molecule has 0 saturated carbocycles. The molecule has 0 aromatic heterocycles. The van der Waals surface area contributed by atoms with Crippen LogP contribution in [0.2, 0.25) is 0 Å². The van der Waals surface area contributed by atoms with Gasteiger partial charge in [0, 0.05) is 24.2 Å². The van der Waals surface area contributed by atoms with Crippen molar-refractivity contribution in [3.63, 3.8) is 0 Å². The summed E-state index contributed by atoms with van der Waals surface area (Å²) in [7, 11) is -2.83. The zero-order valence-electron chi connectivity index (χ0n) is 8.38. The molecule has 1 N–H and O–H groups in total. The van der Waals surface area contributed by atoms with Crippen LogP contribution in [0, 0.1) is 5.92 Å². The Hall–Kier alpha value is 0.390. The van der Waals surface area contributed by atoms with Gasteiger partial charge < -0.3 is 5.32 Å². The summed E-state index contributed by atoms with van der Waals surface area (Å²) < 4.78 is 21.6. The van der Waals surface area contributed by atoms with Gasteiger partial charge in [-0.2, -0.15) is 0 Å². The SMILES string of the molecule is CC(CBr)C(C)NCCS(C)(=O)=O. The Morgan fingerprint density at radius 1 is 1.38 bits per heavy atom. The van der Waals surface area contributed by atoms with E-state index in [-0.39, 0.29) is 5.75 Å². The van der Waals surface area contributed by atoms with Crippen molar-refractivity contribution in [2.45, 2.75) is 19.9 Å². The van der Waals surface area contributed by atoms with E-state index in [1.54, 1.807) is 0 Å². The first-order chi connectivity index (χ1) is 5.87. The third kappa shape index (κ3) is 7.46. The number of halogens is 1. The molecule has 0 amide bonds. The number of rotatable bonds is 6. The third-order valence-electron chi connectivity index (χ3n) is 2.04. The fraction of sp³-hybridized carbons (Fsp3) is 1.00. The van der Waals surface area contributed by atoms with Crippen LogP contribution in [0.4, 0.5) is 0 Å². The highest BCUT2D eigenvalue weighted by atomic mass is 79.9. The minimum Gasteiger partial charge on any atom is -0.313 e. The van der Waals surface area contributed by atoms with E-state index in [0.29, 0.717) is 18.5 Å². The molecule has 0 aliphatic heterocycles. The molecule has 0 fully saturated rings. The van der Waals surface area contributed by atoms with Crippen molar-refractivity contribution in [3.05, 3.63) is 0 Å². The van der Waals surface area contributed by atoms with Crippen LogP contribution in [-0.2, 0) is 9.84 Å². The van der Waals surface area contributed by atoms with Crippen molar-refractivity contribution in [2.75, 3.05) is 23.9 Å². The molecule has 0 spiro atoms. The minimum absolute atomic E-state index is 0.215. The molecular formula is C8H18BrNO2S. The predicted molar refractivity (Wildman–Crippen MR) is 60.1 cm³/mol. The van der Waals surface area contributed by atoms with E-state index in [9.17, 15) is 8.42 Å². The Labute approximate surface area is 89.3 Å². The summed E-state index contributed by atoms with van der Waals surface area (Å²) in [5, 5.41) is 4.11. The first-order valence-electron chi connectivity index (χ1n) is 4.34. The molecule has 0 radical (unpaired) electrons. The van der Waals surface area contributed by atoms with E-state index in [0.717, 1.165) is 5.33 Å². The summed E-state index contributed by atoms with van der Waals surface area (Å²) in [6, 6.07) is 0.348. The summed E-state index contributed by atoms with van der Waals surface area (Å²) in [5.41, 5.74) is 0. The average molecular weight is 272 g/mol. The van der Waals surface area contributed by atoms with Gasteiger partial charge in [0.1, 0.15) is 9.84 Å². The summed E-state index contributed by atoms with van der Waals surface area (Å²) >= 11 is 3.39. The molecule has 0 heterocycles. The van der Waals surface area contributed by atoms with Crippen LogP contribution >= 0.6 is 15.9 Å². The molecule has 80 valence electrons. The lowest BCUT2D eigenvalue weighted by Crippen LogP contribution is -2.35. The van der Waals surface area contributed by atoms with Crippen LogP contribution in [-0.4, -0.2) is 38.3 Å². The first kappa shape index (κ1) is 13.4. The molecule has 3 nitrogen and oxygen atoms in total. The maximum absolute atomic E-state index is 10.8. The fourth-order valence-corrected chi connectivity index (χ4v) is 1.86. The Kier molecular flexibility index (Phi) is 6.16. The highest BCUT2D eigenvalue weighted by Gasteiger charge is 2.10. The number of sulfone groups is 1. The minimum atomic E-state index is -2.83. The second-order valence-corrected chi connectivity index (χ2v) is 6.41. The predicted octanol–water partition coefficient (Wildman–Crippen LogP) is 1.04. The van der Waals surface area contributed by atoms with Crippen LogP contribution in [0.15, 0.2) is 0 Å². The van der Waals surface area contributed by atoms with E-state index >= 15 is 0 Å². The van der Waals surface area contributed by atoms with E-state index in [4.69, 9.17) is 0 Å². The first-order valence-corrected chi connectivity index (χ1v) is 7.52. The Morgan fingerprint density at radius 2 is 1.92 bits per heavy atom. The van der Waals surface area contributed by atoms with Crippen molar-refractivity contribution >= 4 is 25.8 Å². The number of hydrogen-bond acceptors (Lipinski definition) is 3. The van der Waals surface area contributed by atoms with E-state index in [1.165, 1.54) is 6.26 Å². The van der Waals surface area contributed by atoms with Crippen LogP contribution in [0.3, 0.4) is 0 Å². The molecular weight excluding hydrogens is 254 g/mol. The molecule has 0 aliphatic carbocycles. The number of hydrogen-bond donors (Lipinski definition) is 1. The average Bonchev–Trinajstić information content (AvgIpc) is 2.00. The van der Waals surface area contributed by atoms with Gasteiger partial charge in [0.25, 0.3) is 0 Å². The molecule has 13 heavy (non-hydrogen) atoms. The summed E-state index contributed by atoms with van der Waals surface area (Å²) in [6.07, 6.45) is 1.26. The van der Waals surface area contributed by atoms with Crippen LogP contribution in [0.1, 0.15) is 13.8 Å². The van der Waals surface area contributed by atoms with Crippen LogP contribution in [0.25, 0.3) is 0 Å². The molecule has 2 atom stereocenters. The maximum Gasteiger partial charge on any atom is 0.148 e. The highest BCUT2D eigenvalue weighted by molar-refractivity contribution is 9.09. The van der Waals surface area contributed by atoms with Gasteiger partial charge >= 0.3 is 0 Å². The van der Waals surface area contributed by atoms with E-state index in [1.807, 2.05) is 0 Å². The lowest BCUT2D eigenvalue weighted by atomic mass is 10.1. The second-order valence-electron chi connectivity index (χ2n) is 3.50. The van der Waals surface area contributed by atoms with Gasteiger partial charge in [-0.1, -0.05) is 22.9 Å². The molecule has 5 heteroatoms. The summed E-state index contributed by atoms with van der Waals surface area (Å²) in [5.74, 6) is 0.728. The third-order valence-corrected chi connectivity index (χ3v) is 4.00. The monoisotopic (exact) mass is 271 g/mol. The van der Waals surface area contributed by atoms with Gasteiger partial charge in [0.15, 0.2) is 0 Å². The van der Waals surface area contributed by atoms with Gasteiger partial charge in [0.2, 0.25) is 0 Å². The van der Waals surface area contributed by atoms with Gasteiger partial charge in [-0.05, 0) is 12.8 Å².